The minimum absolute atomic E-state index is 0.240. The average Bonchev–Trinajstić information content (AvgIpc) is 3.11. The van der Waals surface area contributed by atoms with Gasteiger partial charge in [-0.3, -0.25) is 9.59 Å². The van der Waals surface area contributed by atoms with E-state index in [1.54, 1.807) is 36.4 Å². The number of carbonyl (C=O) groups is 2. The lowest BCUT2D eigenvalue weighted by Gasteiger charge is -2.26. The fourth-order valence-electron chi connectivity index (χ4n) is 3.52. The molecule has 1 aromatic carbocycles. The molecule has 3 aliphatic rings. The van der Waals surface area contributed by atoms with Gasteiger partial charge in [0.25, 0.3) is 0 Å². The van der Waals surface area contributed by atoms with Crippen molar-refractivity contribution >= 4 is 17.5 Å². The maximum absolute atomic E-state index is 12.6. The minimum Gasteiger partial charge on any atom is -0.393 e. The van der Waals surface area contributed by atoms with Crippen LogP contribution in [0.25, 0.3) is 0 Å². The Bertz CT molecular complexity index is 626. The Morgan fingerprint density at radius 1 is 1.20 bits per heavy atom. The molecule has 0 spiro atoms. The summed E-state index contributed by atoms with van der Waals surface area (Å²) in [6, 6.07) is 8.88. The smallest absolute Gasteiger partial charge is 0.241 e. The number of hydrogen-bond donors (Lipinski definition) is 1. The van der Waals surface area contributed by atoms with Gasteiger partial charge in [0.1, 0.15) is 5.60 Å². The molecule has 3 aliphatic heterocycles. The third kappa shape index (κ3) is 1.24. The molecular weight excluding hydrogens is 258 g/mol. The first-order valence-electron chi connectivity index (χ1n) is 6.59. The molecule has 2 bridgehead atoms. The van der Waals surface area contributed by atoms with Gasteiger partial charge in [0.05, 0.1) is 30.2 Å². The number of anilines is 1. The van der Waals surface area contributed by atoms with Crippen LogP contribution >= 0.6 is 0 Å². The van der Waals surface area contributed by atoms with Crippen LogP contribution in [0.4, 0.5) is 5.69 Å². The maximum Gasteiger partial charge on any atom is 0.241 e. The number of benzene rings is 1. The number of hydrogen-bond acceptors (Lipinski definition) is 4. The van der Waals surface area contributed by atoms with Crippen LogP contribution in [-0.2, 0) is 14.3 Å². The molecule has 5 heteroatoms. The largest absolute Gasteiger partial charge is 0.393 e. The number of fused-ring (bicyclic) bond motifs is 5. The van der Waals surface area contributed by atoms with E-state index in [1.165, 1.54) is 4.90 Å². The van der Waals surface area contributed by atoms with Crippen LogP contribution in [0.5, 0.6) is 0 Å². The highest BCUT2D eigenvalue weighted by molar-refractivity contribution is 6.23. The van der Waals surface area contributed by atoms with Crippen molar-refractivity contribution in [1.82, 2.24) is 0 Å². The van der Waals surface area contributed by atoms with Gasteiger partial charge < -0.3 is 9.84 Å². The van der Waals surface area contributed by atoms with Crippen molar-refractivity contribution in [2.45, 2.75) is 11.7 Å². The number of aliphatic hydroxyl groups excluding tert-OH is 1. The molecule has 0 aliphatic carbocycles. The quantitative estimate of drug-likeness (QED) is 0.628. The summed E-state index contributed by atoms with van der Waals surface area (Å²) >= 11 is 0. The molecule has 3 heterocycles. The van der Waals surface area contributed by atoms with Gasteiger partial charge in [0.15, 0.2) is 0 Å². The van der Waals surface area contributed by atoms with Gasteiger partial charge >= 0.3 is 0 Å². The van der Waals surface area contributed by atoms with E-state index in [0.29, 0.717) is 5.69 Å². The zero-order chi connectivity index (χ0) is 13.9. The Morgan fingerprint density at radius 2 is 1.95 bits per heavy atom. The number of aliphatic hydroxyl groups is 1. The van der Waals surface area contributed by atoms with Gasteiger partial charge in [0, 0.05) is 0 Å². The molecule has 1 aromatic rings. The first kappa shape index (κ1) is 11.8. The number of rotatable bonds is 2. The highest BCUT2D eigenvalue weighted by Gasteiger charge is 2.67. The lowest BCUT2D eigenvalue weighted by Crippen LogP contribution is -2.43. The molecule has 2 fully saturated rings. The molecule has 102 valence electrons. The molecule has 0 unspecified atom stereocenters. The minimum atomic E-state index is -1.02. The predicted molar refractivity (Wildman–Crippen MR) is 69.7 cm³/mol. The van der Waals surface area contributed by atoms with Crippen molar-refractivity contribution in [2.75, 3.05) is 11.5 Å². The van der Waals surface area contributed by atoms with Crippen molar-refractivity contribution in [3.05, 3.63) is 42.5 Å². The van der Waals surface area contributed by atoms with E-state index in [4.69, 9.17) is 4.74 Å². The van der Waals surface area contributed by atoms with E-state index in [0.717, 1.165) is 0 Å². The Kier molecular flexibility index (Phi) is 2.23. The Morgan fingerprint density at radius 3 is 2.65 bits per heavy atom. The van der Waals surface area contributed by atoms with Crippen LogP contribution in [-0.4, -0.2) is 35.2 Å². The van der Waals surface area contributed by atoms with Crippen molar-refractivity contribution < 1.29 is 19.4 Å². The predicted octanol–water partition coefficient (Wildman–Crippen LogP) is 0.492. The van der Waals surface area contributed by atoms with Crippen LogP contribution in [0.1, 0.15) is 0 Å². The van der Waals surface area contributed by atoms with Gasteiger partial charge in [-0.05, 0) is 12.1 Å². The summed E-state index contributed by atoms with van der Waals surface area (Å²) in [6.45, 7) is -0.289. The van der Waals surface area contributed by atoms with Gasteiger partial charge in [-0.2, -0.15) is 0 Å². The second kappa shape index (κ2) is 3.77. The van der Waals surface area contributed by atoms with Crippen LogP contribution in [0.2, 0.25) is 0 Å². The van der Waals surface area contributed by atoms with E-state index < -0.39 is 23.5 Å². The summed E-state index contributed by atoms with van der Waals surface area (Å²) in [5, 5.41) is 9.59. The first-order valence-corrected chi connectivity index (χ1v) is 6.59. The summed E-state index contributed by atoms with van der Waals surface area (Å²) in [6.07, 6.45) is 3.09. The third-order valence-corrected chi connectivity index (χ3v) is 4.42. The summed E-state index contributed by atoms with van der Waals surface area (Å²) < 4.78 is 5.67. The number of amides is 2. The van der Waals surface area contributed by atoms with Crippen LogP contribution in [0.15, 0.2) is 42.5 Å². The first-order chi connectivity index (χ1) is 9.68. The SMILES string of the molecule is O=C1[C@@H]2[C@@H](C(=O)N1c1ccccc1)[C@]1(CO)C=C[C@H]2O1. The molecule has 2 amide bonds. The van der Waals surface area contributed by atoms with Crippen molar-refractivity contribution in [3.63, 3.8) is 0 Å². The zero-order valence-electron chi connectivity index (χ0n) is 10.6. The molecule has 4 rings (SSSR count). The zero-order valence-corrected chi connectivity index (χ0v) is 10.6. The number of nitrogens with zero attached hydrogens (tertiary/aromatic N) is 1. The number of imide groups is 1. The molecule has 4 atom stereocenters. The molecular formula is C15H13NO4. The Labute approximate surface area is 115 Å². The molecule has 0 saturated carbocycles. The van der Waals surface area contributed by atoms with Crippen LogP contribution < -0.4 is 4.90 Å². The van der Waals surface area contributed by atoms with E-state index in [1.807, 2.05) is 6.07 Å². The standard InChI is InChI=1S/C15H13NO4/c17-8-15-7-6-10(20-15)11-12(15)14(19)16(13(11)18)9-4-2-1-3-5-9/h1-7,10-12,17H,8H2/t10-,11+,12+,15-/m1/s1. The molecule has 2 saturated heterocycles. The van der Waals surface area contributed by atoms with Gasteiger partial charge in [0.2, 0.25) is 11.8 Å². The number of ether oxygens (including phenoxy) is 1. The number of para-hydroxylation sites is 1. The molecule has 0 radical (unpaired) electrons. The van der Waals surface area contributed by atoms with Gasteiger partial charge in [-0.15, -0.1) is 0 Å². The van der Waals surface area contributed by atoms with Crippen molar-refractivity contribution in [3.8, 4) is 0 Å². The van der Waals surface area contributed by atoms with Crippen molar-refractivity contribution in [1.29, 1.82) is 0 Å². The Balaban J connectivity index is 1.79. The normalized spacial score (nSPS) is 37.9. The number of carbonyl (C=O) groups excluding carboxylic acids is 2. The molecule has 0 aromatic heterocycles. The summed E-state index contributed by atoms with van der Waals surface area (Å²) in [5.41, 5.74) is -0.449. The monoisotopic (exact) mass is 271 g/mol. The van der Waals surface area contributed by atoms with E-state index in [-0.39, 0.29) is 18.4 Å². The van der Waals surface area contributed by atoms with Gasteiger partial charge in [-0.1, -0.05) is 30.4 Å². The fraction of sp³-hybridized carbons (Fsp3) is 0.333. The van der Waals surface area contributed by atoms with Crippen molar-refractivity contribution in [2.24, 2.45) is 11.8 Å². The summed E-state index contributed by atoms with van der Waals surface area (Å²) in [4.78, 5) is 26.4. The van der Waals surface area contributed by atoms with E-state index in [2.05, 4.69) is 0 Å². The topological polar surface area (TPSA) is 66.8 Å². The van der Waals surface area contributed by atoms with E-state index in [9.17, 15) is 14.7 Å². The molecule has 20 heavy (non-hydrogen) atoms. The second-order valence-corrected chi connectivity index (χ2v) is 5.41. The fourth-order valence-corrected chi connectivity index (χ4v) is 3.52. The molecule has 1 N–H and O–H groups in total. The summed E-state index contributed by atoms with van der Waals surface area (Å²) in [7, 11) is 0. The van der Waals surface area contributed by atoms with Crippen LogP contribution in [0, 0.1) is 11.8 Å². The summed E-state index contributed by atoms with van der Waals surface area (Å²) in [5.74, 6) is -1.65. The highest BCUT2D eigenvalue weighted by Crippen LogP contribution is 2.52. The lowest BCUT2D eigenvalue weighted by molar-refractivity contribution is -0.128. The molecule has 5 nitrogen and oxygen atoms in total. The highest BCUT2D eigenvalue weighted by atomic mass is 16.5. The maximum atomic E-state index is 12.6. The van der Waals surface area contributed by atoms with Crippen LogP contribution in [0.3, 0.4) is 0 Å². The second-order valence-electron chi connectivity index (χ2n) is 5.41. The average molecular weight is 271 g/mol. The third-order valence-electron chi connectivity index (χ3n) is 4.42. The van der Waals surface area contributed by atoms with E-state index >= 15 is 0 Å². The van der Waals surface area contributed by atoms with Gasteiger partial charge in [-0.25, -0.2) is 4.90 Å². The lowest BCUT2D eigenvalue weighted by atomic mass is 9.77. The Hall–Kier alpha value is -1.98.